The number of benzene rings is 1. The van der Waals surface area contributed by atoms with Crippen molar-refractivity contribution in [3.63, 3.8) is 0 Å². The van der Waals surface area contributed by atoms with Gasteiger partial charge in [0.05, 0.1) is 12.2 Å². The third kappa shape index (κ3) is 2.78. The second-order valence-electron chi connectivity index (χ2n) is 6.90. The van der Waals surface area contributed by atoms with Crippen LogP contribution in [0.25, 0.3) is 0 Å². The van der Waals surface area contributed by atoms with E-state index in [1.807, 2.05) is 43.6 Å². The monoisotopic (exact) mass is 354 g/mol. The smallest absolute Gasteiger partial charge is 0.327 e. The molecule has 7 heteroatoms. The fourth-order valence-electron chi connectivity index (χ4n) is 3.84. The van der Waals surface area contributed by atoms with E-state index in [-0.39, 0.29) is 24.1 Å². The number of amides is 3. The molecule has 0 radical (unpaired) electrons. The van der Waals surface area contributed by atoms with Crippen molar-refractivity contribution in [1.29, 1.82) is 0 Å². The lowest BCUT2D eigenvalue weighted by molar-refractivity contribution is -0.130. The summed E-state index contributed by atoms with van der Waals surface area (Å²) in [6.45, 7) is 0.522. The van der Waals surface area contributed by atoms with E-state index in [9.17, 15) is 9.59 Å². The van der Waals surface area contributed by atoms with E-state index in [0.29, 0.717) is 19.4 Å². The zero-order chi connectivity index (χ0) is 18.3. The number of urea groups is 1. The molecule has 2 fully saturated rings. The van der Waals surface area contributed by atoms with Crippen molar-refractivity contribution >= 4 is 11.9 Å². The summed E-state index contributed by atoms with van der Waals surface area (Å²) in [6, 6.07) is 8.77. The van der Waals surface area contributed by atoms with Crippen LogP contribution in [0.1, 0.15) is 23.7 Å². The van der Waals surface area contributed by atoms with Gasteiger partial charge in [0.15, 0.2) is 0 Å². The van der Waals surface area contributed by atoms with Gasteiger partial charge in [0.2, 0.25) is 0 Å². The van der Waals surface area contributed by atoms with Crippen LogP contribution in [0.2, 0.25) is 0 Å². The number of carbonyl (C=O) groups excluding carboxylic acids is 2. The summed E-state index contributed by atoms with van der Waals surface area (Å²) in [5.41, 5.74) is 1.93. The number of ether oxygens (including phenoxy) is 1. The number of aryl methyl sites for hydroxylation is 1. The molecule has 0 bridgehead atoms. The third-order valence-corrected chi connectivity index (χ3v) is 5.22. The Balaban J connectivity index is 1.58. The number of nitrogens with zero attached hydrogens (tertiary/aromatic N) is 4. The first kappa shape index (κ1) is 16.8. The molecule has 1 aromatic heterocycles. The van der Waals surface area contributed by atoms with Crippen molar-refractivity contribution in [2.75, 3.05) is 13.7 Å². The number of likely N-dealkylation sites (N-methyl/N-ethyl adjacent to an activating group) is 1. The average Bonchev–Trinajstić information content (AvgIpc) is 3.32. The van der Waals surface area contributed by atoms with E-state index in [4.69, 9.17) is 4.74 Å². The van der Waals surface area contributed by atoms with Gasteiger partial charge in [-0.15, -0.1) is 0 Å². The maximum atomic E-state index is 13.1. The van der Waals surface area contributed by atoms with E-state index < -0.39 is 6.04 Å². The van der Waals surface area contributed by atoms with Crippen molar-refractivity contribution in [2.45, 2.75) is 31.0 Å². The SMILES string of the molecule is CN1C(=O)N([C@H]2CCO[C@@H]2c2cnn(C)c2)C(=O)C1Cc1ccccc1. The first-order chi connectivity index (χ1) is 12.6. The van der Waals surface area contributed by atoms with E-state index in [0.717, 1.165) is 11.1 Å². The average molecular weight is 354 g/mol. The Bertz CT molecular complexity index is 819. The number of rotatable bonds is 4. The van der Waals surface area contributed by atoms with Crippen molar-refractivity contribution in [1.82, 2.24) is 19.6 Å². The summed E-state index contributed by atoms with van der Waals surface area (Å²) in [4.78, 5) is 28.9. The fraction of sp³-hybridized carbons (Fsp3) is 0.421. The fourth-order valence-corrected chi connectivity index (χ4v) is 3.84. The Hall–Kier alpha value is -2.67. The zero-order valence-electron chi connectivity index (χ0n) is 14.9. The molecule has 1 aromatic carbocycles. The van der Waals surface area contributed by atoms with Crippen LogP contribution in [0.5, 0.6) is 0 Å². The van der Waals surface area contributed by atoms with Crippen LogP contribution in [-0.4, -0.2) is 57.3 Å². The Morgan fingerprint density at radius 1 is 1.19 bits per heavy atom. The lowest BCUT2D eigenvalue weighted by Crippen LogP contribution is -2.42. The summed E-state index contributed by atoms with van der Waals surface area (Å²) in [7, 11) is 3.53. The minimum atomic E-state index is -0.472. The molecule has 26 heavy (non-hydrogen) atoms. The van der Waals surface area contributed by atoms with Crippen molar-refractivity contribution in [2.24, 2.45) is 7.05 Å². The predicted molar refractivity (Wildman–Crippen MR) is 94.2 cm³/mol. The number of aromatic nitrogens is 2. The molecule has 0 aliphatic carbocycles. The summed E-state index contributed by atoms with van der Waals surface area (Å²) < 4.78 is 7.55. The van der Waals surface area contributed by atoms with Gasteiger partial charge in [0.1, 0.15) is 12.1 Å². The van der Waals surface area contributed by atoms with E-state index in [2.05, 4.69) is 5.10 Å². The molecule has 0 saturated carbocycles. The number of hydrogen-bond acceptors (Lipinski definition) is 4. The minimum Gasteiger partial charge on any atom is -0.371 e. The standard InChI is InChI=1S/C19H22N4O3/c1-21-12-14(11-20-21)17-15(8-9-26-17)23-18(24)16(22(2)19(23)25)10-13-6-4-3-5-7-13/h3-7,11-12,15-17H,8-10H2,1-2H3/t15-,16?,17+/m0/s1. The van der Waals surface area contributed by atoms with Gasteiger partial charge in [-0.1, -0.05) is 30.3 Å². The Morgan fingerprint density at radius 2 is 1.96 bits per heavy atom. The molecule has 0 spiro atoms. The van der Waals surface area contributed by atoms with Crippen LogP contribution in [-0.2, 0) is 23.0 Å². The van der Waals surface area contributed by atoms with Crippen LogP contribution >= 0.6 is 0 Å². The molecular weight excluding hydrogens is 332 g/mol. The molecule has 7 nitrogen and oxygen atoms in total. The second-order valence-corrected chi connectivity index (χ2v) is 6.90. The molecule has 3 amide bonds. The first-order valence-electron chi connectivity index (χ1n) is 8.80. The summed E-state index contributed by atoms with van der Waals surface area (Å²) in [6.07, 6.45) is 4.45. The number of carbonyl (C=O) groups is 2. The van der Waals surface area contributed by atoms with E-state index in [1.165, 1.54) is 4.90 Å². The second kappa shape index (κ2) is 6.57. The summed E-state index contributed by atoms with van der Waals surface area (Å²) in [5.74, 6) is -0.147. The Labute approximate surface area is 152 Å². The highest BCUT2D eigenvalue weighted by atomic mass is 16.5. The number of imide groups is 1. The topological polar surface area (TPSA) is 67.7 Å². The molecule has 2 saturated heterocycles. The van der Waals surface area contributed by atoms with Crippen LogP contribution in [0.15, 0.2) is 42.7 Å². The van der Waals surface area contributed by atoms with Crippen LogP contribution in [0.3, 0.4) is 0 Å². The van der Waals surface area contributed by atoms with E-state index in [1.54, 1.807) is 22.8 Å². The molecule has 0 N–H and O–H groups in total. The summed E-state index contributed by atoms with van der Waals surface area (Å²) in [5, 5.41) is 4.18. The van der Waals surface area contributed by atoms with Gasteiger partial charge >= 0.3 is 6.03 Å². The van der Waals surface area contributed by atoms with Crippen LogP contribution in [0, 0.1) is 0 Å². The van der Waals surface area contributed by atoms with Gasteiger partial charge in [0, 0.05) is 38.9 Å². The van der Waals surface area contributed by atoms with Crippen molar-refractivity contribution in [3.8, 4) is 0 Å². The molecule has 3 heterocycles. The molecule has 1 unspecified atom stereocenters. The van der Waals surface area contributed by atoms with Crippen LogP contribution < -0.4 is 0 Å². The van der Waals surface area contributed by atoms with Gasteiger partial charge in [-0.2, -0.15) is 5.10 Å². The highest BCUT2D eigenvalue weighted by Gasteiger charge is 2.50. The highest BCUT2D eigenvalue weighted by Crippen LogP contribution is 2.36. The molecule has 2 aliphatic heterocycles. The zero-order valence-corrected chi connectivity index (χ0v) is 14.9. The van der Waals surface area contributed by atoms with Gasteiger partial charge in [-0.05, 0) is 12.0 Å². The Morgan fingerprint density at radius 3 is 2.65 bits per heavy atom. The summed E-state index contributed by atoms with van der Waals surface area (Å²) >= 11 is 0. The molecular formula is C19H22N4O3. The highest BCUT2D eigenvalue weighted by molar-refractivity contribution is 6.04. The largest absolute Gasteiger partial charge is 0.371 e. The van der Waals surface area contributed by atoms with Gasteiger partial charge in [0.25, 0.3) is 5.91 Å². The maximum absolute atomic E-state index is 13.1. The number of hydrogen-bond donors (Lipinski definition) is 0. The van der Waals surface area contributed by atoms with Gasteiger partial charge in [-0.3, -0.25) is 14.4 Å². The predicted octanol–water partition coefficient (Wildman–Crippen LogP) is 1.76. The molecule has 2 aromatic rings. The molecule has 136 valence electrons. The van der Waals surface area contributed by atoms with Gasteiger partial charge < -0.3 is 9.64 Å². The molecule has 4 rings (SSSR count). The first-order valence-corrected chi connectivity index (χ1v) is 8.80. The van der Waals surface area contributed by atoms with Crippen molar-refractivity contribution < 1.29 is 14.3 Å². The van der Waals surface area contributed by atoms with Crippen LogP contribution in [0.4, 0.5) is 4.79 Å². The molecule has 3 atom stereocenters. The lowest BCUT2D eigenvalue weighted by atomic mass is 10.0. The lowest BCUT2D eigenvalue weighted by Gasteiger charge is -2.25. The maximum Gasteiger partial charge on any atom is 0.327 e. The quantitative estimate of drug-likeness (QED) is 0.785. The minimum absolute atomic E-state index is 0.147. The Kier molecular flexibility index (Phi) is 4.24. The third-order valence-electron chi connectivity index (χ3n) is 5.22. The van der Waals surface area contributed by atoms with Crippen molar-refractivity contribution in [3.05, 3.63) is 53.9 Å². The van der Waals surface area contributed by atoms with E-state index >= 15 is 0 Å². The molecule has 2 aliphatic rings. The van der Waals surface area contributed by atoms with Gasteiger partial charge in [-0.25, -0.2) is 4.79 Å². The normalized spacial score (nSPS) is 26.2.